The number of aromatic nitrogens is 1. The third kappa shape index (κ3) is 5.27. The minimum Gasteiger partial charge on any atom is -0.441 e. The van der Waals surface area contributed by atoms with Crippen molar-refractivity contribution in [3.8, 4) is 11.5 Å². The van der Waals surface area contributed by atoms with Crippen molar-refractivity contribution >= 4 is 5.91 Å². The monoisotopic (exact) mass is 458 g/mol. The minimum absolute atomic E-state index is 0.0251. The summed E-state index contributed by atoms with van der Waals surface area (Å²) in [6, 6.07) is 14.8. The maximum absolute atomic E-state index is 13.3. The van der Waals surface area contributed by atoms with Gasteiger partial charge in [-0.1, -0.05) is 36.4 Å². The van der Waals surface area contributed by atoms with Gasteiger partial charge in [-0.3, -0.25) is 4.79 Å². The van der Waals surface area contributed by atoms with Gasteiger partial charge in [0.1, 0.15) is 5.76 Å². The van der Waals surface area contributed by atoms with Gasteiger partial charge in [0.2, 0.25) is 11.8 Å². The summed E-state index contributed by atoms with van der Waals surface area (Å²) in [7, 11) is 0. The van der Waals surface area contributed by atoms with Crippen LogP contribution in [0, 0.1) is 6.92 Å². The van der Waals surface area contributed by atoms with E-state index in [0.717, 1.165) is 11.6 Å². The average Bonchev–Trinajstić information content (AvgIpc) is 3.18. The molecule has 2 heterocycles. The summed E-state index contributed by atoms with van der Waals surface area (Å²) in [6.45, 7) is 2.83. The fraction of sp³-hybridized carbons (Fsp3) is 0.360. The van der Waals surface area contributed by atoms with Gasteiger partial charge in [0.15, 0.2) is 0 Å². The molecule has 1 aliphatic heterocycles. The molecule has 2 aromatic carbocycles. The van der Waals surface area contributed by atoms with Crippen LogP contribution in [0.3, 0.4) is 0 Å². The number of aryl methyl sites for hydroxylation is 1. The summed E-state index contributed by atoms with van der Waals surface area (Å²) in [5.74, 6) is 0.743. The first-order valence-corrected chi connectivity index (χ1v) is 10.8. The molecule has 0 unspecified atom stereocenters. The van der Waals surface area contributed by atoms with Crippen LogP contribution >= 0.6 is 0 Å². The topological polar surface area (TPSA) is 64.4 Å². The van der Waals surface area contributed by atoms with Crippen LogP contribution in [-0.2, 0) is 27.5 Å². The third-order valence-electron chi connectivity index (χ3n) is 6.12. The van der Waals surface area contributed by atoms with Crippen molar-refractivity contribution in [3.63, 3.8) is 0 Å². The Labute approximate surface area is 190 Å². The molecule has 3 aromatic rings. The molecule has 33 heavy (non-hydrogen) atoms. The molecular weight excluding hydrogens is 433 g/mol. The van der Waals surface area contributed by atoms with E-state index in [0.29, 0.717) is 49.0 Å². The van der Waals surface area contributed by atoms with Crippen LogP contribution in [0.25, 0.3) is 11.5 Å². The van der Waals surface area contributed by atoms with E-state index in [1.165, 1.54) is 12.1 Å². The van der Waals surface area contributed by atoms with Crippen LogP contribution in [0.15, 0.2) is 59.0 Å². The molecule has 1 aliphatic rings. The average molecular weight is 458 g/mol. The first kappa shape index (κ1) is 23.0. The van der Waals surface area contributed by atoms with Gasteiger partial charge in [0, 0.05) is 30.7 Å². The van der Waals surface area contributed by atoms with Crippen molar-refractivity contribution in [1.82, 2.24) is 10.3 Å². The van der Waals surface area contributed by atoms with Crippen LogP contribution in [-0.4, -0.2) is 30.6 Å². The highest BCUT2D eigenvalue weighted by molar-refractivity contribution is 5.78. The highest BCUT2D eigenvalue weighted by Gasteiger charge is 2.37. The number of benzene rings is 2. The summed E-state index contributed by atoms with van der Waals surface area (Å²) >= 11 is 0. The number of carbonyl (C=O) groups is 1. The van der Waals surface area contributed by atoms with Crippen molar-refractivity contribution in [2.75, 3.05) is 19.8 Å². The van der Waals surface area contributed by atoms with Gasteiger partial charge in [0.05, 0.1) is 17.7 Å². The fourth-order valence-electron chi connectivity index (χ4n) is 4.13. The highest BCUT2D eigenvalue weighted by Crippen LogP contribution is 2.38. The van der Waals surface area contributed by atoms with E-state index < -0.39 is 17.2 Å². The highest BCUT2D eigenvalue weighted by atomic mass is 19.4. The Morgan fingerprint density at radius 2 is 1.82 bits per heavy atom. The van der Waals surface area contributed by atoms with Crippen molar-refractivity contribution in [1.29, 1.82) is 0 Å². The van der Waals surface area contributed by atoms with Gasteiger partial charge in [-0.2, -0.15) is 13.2 Å². The van der Waals surface area contributed by atoms with Crippen molar-refractivity contribution in [3.05, 3.63) is 77.2 Å². The fourth-order valence-corrected chi connectivity index (χ4v) is 4.13. The Hall–Kier alpha value is -3.13. The second-order valence-electron chi connectivity index (χ2n) is 8.31. The Balaban J connectivity index is 1.48. The molecule has 1 saturated heterocycles. The standard InChI is InChI=1S/C25H25F3N2O3/c1-17-21(30-23(33-17)18-6-3-2-4-7-18)15-22(31)29-16-24(10-12-32-13-11-24)19-8-5-9-20(14-19)25(26,27)28/h2-9,14H,10-13,15-16H2,1H3,(H,29,31). The predicted molar refractivity (Wildman–Crippen MR) is 117 cm³/mol. The van der Waals surface area contributed by atoms with Gasteiger partial charge in [-0.25, -0.2) is 4.98 Å². The molecule has 1 N–H and O–H groups in total. The zero-order chi connectivity index (χ0) is 23.5. The number of amides is 1. The van der Waals surface area contributed by atoms with E-state index in [1.54, 1.807) is 13.0 Å². The molecule has 1 fully saturated rings. The Kier molecular flexibility index (Phi) is 6.56. The summed E-state index contributed by atoms with van der Waals surface area (Å²) in [6.07, 6.45) is -3.35. The van der Waals surface area contributed by atoms with E-state index in [2.05, 4.69) is 10.3 Å². The maximum Gasteiger partial charge on any atom is 0.416 e. The number of nitrogens with zero attached hydrogens (tertiary/aromatic N) is 1. The number of ether oxygens (including phenoxy) is 1. The lowest BCUT2D eigenvalue weighted by atomic mass is 9.73. The van der Waals surface area contributed by atoms with Crippen molar-refractivity contribution < 1.29 is 27.1 Å². The predicted octanol–water partition coefficient (Wildman–Crippen LogP) is 5.08. The second kappa shape index (κ2) is 9.39. The smallest absolute Gasteiger partial charge is 0.416 e. The molecule has 5 nitrogen and oxygen atoms in total. The van der Waals surface area contributed by atoms with Gasteiger partial charge >= 0.3 is 6.18 Å². The molecule has 174 valence electrons. The Morgan fingerprint density at radius 1 is 1.09 bits per heavy atom. The number of carbonyl (C=O) groups excluding carboxylic acids is 1. The lowest BCUT2D eigenvalue weighted by Gasteiger charge is -2.38. The molecule has 0 atom stereocenters. The maximum atomic E-state index is 13.3. The molecule has 1 aromatic heterocycles. The molecule has 0 aliphatic carbocycles. The second-order valence-corrected chi connectivity index (χ2v) is 8.31. The molecule has 1 amide bonds. The van der Waals surface area contributed by atoms with Gasteiger partial charge < -0.3 is 14.5 Å². The number of alkyl halides is 3. The van der Waals surface area contributed by atoms with Crippen molar-refractivity contribution in [2.24, 2.45) is 0 Å². The third-order valence-corrected chi connectivity index (χ3v) is 6.12. The molecule has 0 bridgehead atoms. The lowest BCUT2D eigenvalue weighted by molar-refractivity contribution is -0.137. The van der Waals surface area contributed by atoms with Gasteiger partial charge in [-0.05, 0) is 43.5 Å². The van der Waals surface area contributed by atoms with E-state index in [9.17, 15) is 18.0 Å². The number of hydrogen-bond acceptors (Lipinski definition) is 4. The van der Waals surface area contributed by atoms with Crippen LogP contribution in [0.5, 0.6) is 0 Å². The molecule has 0 spiro atoms. The summed E-state index contributed by atoms with van der Waals surface area (Å²) in [5.41, 5.74) is 0.599. The van der Waals surface area contributed by atoms with E-state index in [-0.39, 0.29) is 18.9 Å². The Bertz CT molecular complexity index is 1100. The van der Waals surface area contributed by atoms with Gasteiger partial charge in [0.25, 0.3) is 0 Å². The van der Waals surface area contributed by atoms with Gasteiger partial charge in [-0.15, -0.1) is 0 Å². The molecular formula is C25H25F3N2O3. The molecule has 0 radical (unpaired) electrons. The SMILES string of the molecule is Cc1oc(-c2ccccc2)nc1CC(=O)NCC1(c2cccc(C(F)(F)F)c2)CCOCC1. The number of halogens is 3. The molecule has 4 rings (SSSR count). The zero-order valence-corrected chi connectivity index (χ0v) is 18.2. The number of oxazole rings is 1. The van der Waals surface area contributed by atoms with E-state index in [4.69, 9.17) is 9.15 Å². The van der Waals surface area contributed by atoms with E-state index in [1.807, 2.05) is 30.3 Å². The summed E-state index contributed by atoms with van der Waals surface area (Å²) in [4.78, 5) is 17.2. The lowest BCUT2D eigenvalue weighted by Crippen LogP contribution is -2.45. The van der Waals surface area contributed by atoms with Crippen LogP contribution in [0.1, 0.15) is 35.4 Å². The zero-order valence-electron chi connectivity index (χ0n) is 18.2. The minimum atomic E-state index is -4.42. The summed E-state index contributed by atoms with van der Waals surface area (Å²) < 4.78 is 51.0. The first-order chi connectivity index (χ1) is 15.8. The van der Waals surface area contributed by atoms with E-state index >= 15 is 0 Å². The molecule has 0 saturated carbocycles. The Morgan fingerprint density at radius 3 is 2.52 bits per heavy atom. The first-order valence-electron chi connectivity index (χ1n) is 10.8. The molecule has 8 heteroatoms. The number of hydrogen-bond donors (Lipinski definition) is 1. The number of rotatable bonds is 6. The largest absolute Gasteiger partial charge is 0.441 e. The summed E-state index contributed by atoms with van der Waals surface area (Å²) in [5, 5.41) is 2.92. The van der Waals surface area contributed by atoms with Crippen LogP contribution < -0.4 is 5.32 Å². The number of nitrogens with one attached hydrogen (secondary N) is 1. The van der Waals surface area contributed by atoms with Crippen LogP contribution in [0.4, 0.5) is 13.2 Å². The van der Waals surface area contributed by atoms with Crippen LogP contribution in [0.2, 0.25) is 0 Å². The van der Waals surface area contributed by atoms with Crippen molar-refractivity contribution in [2.45, 2.75) is 37.8 Å². The normalized spacial score (nSPS) is 15.9. The quantitative estimate of drug-likeness (QED) is 0.560.